The molecule has 0 aromatic carbocycles. The van der Waals surface area contributed by atoms with Gasteiger partial charge >= 0.3 is 0 Å². The third kappa shape index (κ3) is 4.94. The minimum Gasteiger partial charge on any atom is -0.372 e. The molecular weight excluding hydrogens is 414 g/mol. The van der Waals surface area contributed by atoms with Crippen LogP contribution in [-0.2, 0) is 11.3 Å². The van der Waals surface area contributed by atoms with Crippen LogP contribution in [0.25, 0.3) is 10.4 Å². The molecule has 2 atom stereocenters. The summed E-state index contributed by atoms with van der Waals surface area (Å²) in [5, 5.41) is 7.65. The van der Waals surface area contributed by atoms with Gasteiger partial charge in [-0.2, -0.15) is 0 Å². The van der Waals surface area contributed by atoms with E-state index in [9.17, 15) is 4.79 Å². The molecule has 0 unspecified atom stereocenters. The maximum Gasteiger partial charge on any atom is 0.273 e. The molecule has 4 heterocycles. The van der Waals surface area contributed by atoms with Crippen molar-refractivity contribution in [1.29, 1.82) is 0 Å². The second-order valence-electron chi connectivity index (χ2n) is 8.08. The van der Waals surface area contributed by atoms with Crippen LogP contribution in [0.2, 0.25) is 0 Å². The summed E-state index contributed by atoms with van der Waals surface area (Å²) < 4.78 is 10.9. The Balaban J connectivity index is 1.64. The van der Waals surface area contributed by atoms with Gasteiger partial charge in [-0.25, -0.2) is 4.98 Å². The monoisotopic (exact) mass is 441 g/mol. The molecule has 1 aliphatic rings. The number of nitrogens with zero attached hydrogens (tertiary/aromatic N) is 4. The first-order chi connectivity index (χ1) is 14.8. The minimum atomic E-state index is -0.284. The van der Waals surface area contributed by atoms with Crippen molar-refractivity contribution in [3.63, 3.8) is 0 Å². The number of hydrogen-bond donors (Lipinski definition) is 1. The van der Waals surface area contributed by atoms with E-state index in [1.165, 1.54) is 0 Å². The summed E-state index contributed by atoms with van der Waals surface area (Å²) in [7, 11) is 0. The van der Waals surface area contributed by atoms with Gasteiger partial charge in [0.2, 0.25) is 0 Å². The van der Waals surface area contributed by atoms with Gasteiger partial charge in [0.05, 0.1) is 29.3 Å². The SMILES string of the molecule is Cc1cc(-c2sc(N3C[C@@H](C)O[C@@H](C)C3)nc2CNC(=O)c2cc(C)on2)cc(C)n1. The molecule has 1 N–H and O–H groups in total. The predicted octanol–water partition coefficient (Wildman–Crippen LogP) is 3.66. The van der Waals surface area contributed by atoms with E-state index in [1.807, 2.05) is 13.8 Å². The van der Waals surface area contributed by atoms with Crippen molar-refractivity contribution in [3.8, 4) is 10.4 Å². The molecule has 9 heteroatoms. The quantitative estimate of drug-likeness (QED) is 0.646. The molecule has 3 aromatic rings. The van der Waals surface area contributed by atoms with Crippen LogP contribution in [-0.4, -0.2) is 46.3 Å². The summed E-state index contributed by atoms with van der Waals surface area (Å²) in [5.41, 5.74) is 4.05. The Hall–Kier alpha value is -2.78. The number of aromatic nitrogens is 3. The molecule has 0 radical (unpaired) electrons. The summed E-state index contributed by atoms with van der Waals surface area (Å²) in [6, 6.07) is 5.73. The summed E-state index contributed by atoms with van der Waals surface area (Å²) in [5.74, 6) is 0.313. The molecular formula is C22H27N5O3S. The van der Waals surface area contributed by atoms with E-state index in [2.05, 4.69) is 46.3 Å². The zero-order valence-corrected chi connectivity index (χ0v) is 19.2. The number of nitrogens with one attached hydrogen (secondary N) is 1. The molecule has 4 rings (SSSR count). The fourth-order valence-corrected chi connectivity index (χ4v) is 4.94. The predicted molar refractivity (Wildman–Crippen MR) is 119 cm³/mol. The number of morpholine rings is 1. The van der Waals surface area contributed by atoms with Crippen molar-refractivity contribution in [3.05, 3.63) is 46.7 Å². The summed E-state index contributed by atoms with van der Waals surface area (Å²) in [6.07, 6.45) is 0.278. The van der Waals surface area contributed by atoms with Crippen molar-refractivity contribution < 1.29 is 14.1 Å². The highest BCUT2D eigenvalue weighted by Gasteiger charge is 2.26. The van der Waals surface area contributed by atoms with Gasteiger partial charge in [0.1, 0.15) is 5.76 Å². The van der Waals surface area contributed by atoms with Gasteiger partial charge in [0.15, 0.2) is 10.8 Å². The number of rotatable bonds is 5. The third-order valence-corrected chi connectivity index (χ3v) is 6.20. The number of pyridine rings is 1. The Morgan fingerprint density at radius 2 is 1.81 bits per heavy atom. The summed E-state index contributed by atoms with van der Waals surface area (Å²) >= 11 is 1.64. The van der Waals surface area contributed by atoms with Crippen LogP contribution in [0.5, 0.6) is 0 Å². The van der Waals surface area contributed by atoms with E-state index in [0.717, 1.165) is 45.7 Å². The highest BCUT2D eigenvalue weighted by molar-refractivity contribution is 7.19. The van der Waals surface area contributed by atoms with Gasteiger partial charge in [-0.15, -0.1) is 0 Å². The van der Waals surface area contributed by atoms with Gasteiger partial charge in [-0.1, -0.05) is 16.5 Å². The lowest BCUT2D eigenvalue weighted by atomic mass is 10.1. The fraction of sp³-hybridized carbons (Fsp3) is 0.455. The molecule has 0 aliphatic carbocycles. The van der Waals surface area contributed by atoms with Crippen LogP contribution in [0, 0.1) is 20.8 Å². The lowest BCUT2D eigenvalue weighted by Gasteiger charge is -2.35. The van der Waals surface area contributed by atoms with Gasteiger partial charge < -0.3 is 19.5 Å². The minimum absolute atomic E-state index is 0.139. The summed E-state index contributed by atoms with van der Waals surface area (Å²) in [4.78, 5) is 25.2. The van der Waals surface area contributed by atoms with Crippen LogP contribution in [0.3, 0.4) is 0 Å². The normalized spacial score (nSPS) is 18.9. The van der Waals surface area contributed by atoms with Crippen molar-refractivity contribution in [2.24, 2.45) is 0 Å². The van der Waals surface area contributed by atoms with Gasteiger partial charge in [0.25, 0.3) is 5.91 Å². The Kier molecular flexibility index (Phi) is 6.06. The van der Waals surface area contributed by atoms with Gasteiger partial charge in [-0.05, 0) is 52.3 Å². The highest BCUT2D eigenvalue weighted by atomic mass is 32.1. The number of ether oxygens (including phenoxy) is 1. The molecule has 164 valence electrons. The lowest BCUT2D eigenvalue weighted by molar-refractivity contribution is -0.00523. The van der Waals surface area contributed by atoms with Crippen LogP contribution in [0.1, 0.15) is 47.2 Å². The standard InChI is InChI=1S/C22H27N5O3S/c1-12-6-17(7-13(2)24-12)20-19(9-23-21(28)18-8-14(3)30-26-18)25-22(31-20)27-10-15(4)29-16(5)11-27/h6-8,15-16H,9-11H2,1-5H3,(H,23,28)/t15-,16+. The van der Waals surface area contributed by atoms with E-state index in [4.69, 9.17) is 14.2 Å². The first-order valence-electron chi connectivity index (χ1n) is 10.4. The third-order valence-electron chi connectivity index (χ3n) is 5.00. The number of carbonyl (C=O) groups is 1. The Bertz CT molecular complexity index is 1060. The van der Waals surface area contributed by atoms with Gasteiger partial charge in [0, 0.05) is 30.5 Å². The number of hydrogen-bond acceptors (Lipinski definition) is 8. The molecule has 1 aliphatic heterocycles. The molecule has 0 bridgehead atoms. The van der Waals surface area contributed by atoms with Crippen molar-refractivity contribution >= 4 is 22.4 Å². The smallest absolute Gasteiger partial charge is 0.273 e. The maximum absolute atomic E-state index is 12.5. The lowest BCUT2D eigenvalue weighted by Crippen LogP contribution is -2.45. The highest BCUT2D eigenvalue weighted by Crippen LogP contribution is 2.36. The molecule has 0 saturated carbocycles. The first-order valence-corrected chi connectivity index (χ1v) is 11.2. The molecule has 0 spiro atoms. The molecule has 3 aromatic heterocycles. The summed E-state index contributed by atoms with van der Waals surface area (Å²) in [6.45, 7) is 11.8. The second-order valence-corrected chi connectivity index (χ2v) is 9.06. The zero-order valence-electron chi connectivity index (χ0n) is 18.4. The average Bonchev–Trinajstić information content (AvgIpc) is 3.31. The molecule has 1 amide bonds. The van der Waals surface area contributed by atoms with E-state index >= 15 is 0 Å². The maximum atomic E-state index is 12.5. The van der Waals surface area contributed by atoms with Crippen molar-refractivity contribution in [1.82, 2.24) is 20.4 Å². The Morgan fingerprint density at radius 1 is 1.13 bits per heavy atom. The first kappa shape index (κ1) is 21.5. The fourth-order valence-electron chi connectivity index (χ4n) is 3.85. The largest absolute Gasteiger partial charge is 0.372 e. The van der Waals surface area contributed by atoms with Crippen LogP contribution in [0.4, 0.5) is 5.13 Å². The van der Waals surface area contributed by atoms with E-state index < -0.39 is 0 Å². The Morgan fingerprint density at radius 3 is 2.42 bits per heavy atom. The average molecular weight is 442 g/mol. The van der Waals surface area contributed by atoms with Crippen LogP contribution < -0.4 is 10.2 Å². The molecule has 8 nitrogen and oxygen atoms in total. The van der Waals surface area contributed by atoms with Crippen molar-refractivity contribution in [2.75, 3.05) is 18.0 Å². The van der Waals surface area contributed by atoms with E-state index in [-0.39, 0.29) is 23.8 Å². The van der Waals surface area contributed by atoms with Crippen molar-refractivity contribution in [2.45, 2.75) is 53.4 Å². The number of anilines is 1. The number of amides is 1. The van der Waals surface area contributed by atoms with E-state index in [0.29, 0.717) is 12.3 Å². The number of aryl methyl sites for hydroxylation is 3. The van der Waals surface area contributed by atoms with E-state index in [1.54, 1.807) is 24.3 Å². The Labute approximate surface area is 185 Å². The zero-order chi connectivity index (χ0) is 22.1. The van der Waals surface area contributed by atoms with Gasteiger partial charge in [-0.3, -0.25) is 9.78 Å². The number of carbonyl (C=O) groups excluding carboxylic acids is 1. The van der Waals surface area contributed by atoms with Crippen LogP contribution >= 0.6 is 11.3 Å². The molecule has 31 heavy (non-hydrogen) atoms. The molecule has 1 saturated heterocycles. The topological polar surface area (TPSA) is 93.4 Å². The number of thiazole rings is 1. The van der Waals surface area contributed by atoms with Crippen LogP contribution in [0.15, 0.2) is 22.7 Å². The molecule has 1 fully saturated rings. The second kappa shape index (κ2) is 8.76.